The average Bonchev–Trinajstić information content (AvgIpc) is 3.24. The van der Waals surface area contributed by atoms with Crippen molar-refractivity contribution in [2.45, 2.75) is 77.2 Å². The molecule has 1 aromatic carbocycles. The summed E-state index contributed by atoms with van der Waals surface area (Å²) in [6.45, 7) is 7.22. The van der Waals surface area contributed by atoms with Crippen molar-refractivity contribution < 1.29 is 14.7 Å². The number of carbonyl (C=O) groups excluding carboxylic acids is 1. The van der Waals surface area contributed by atoms with E-state index in [0.29, 0.717) is 6.04 Å². The van der Waals surface area contributed by atoms with Crippen molar-refractivity contribution >= 4 is 22.8 Å². The summed E-state index contributed by atoms with van der Waals surface area (Å²) in [4.78, 5) is 25.6. The molecule has 3 N–H and O–H groups in total. The number of likely N-dealkylation sites (tertiary alicyclic amines) is 1. The van der Waals surface area contributed by atoms with Crippen LogP contribution in [0.3, 0.4) is 0 Å². The molecule has 2 aromatic rings. The summed E-state index contributed by atoms with van der Waals surface area (Å²) in [5.41, 5.74) is 2.13. The van der Waals surface area contributed by atoms with Crippen molar-refractivity contribution in [3.63, 3.8) is 0 Å². The Kier molecular flexibility index (Phi) is 8.09. The Balaban J connectivity index is 1.42. The van der Waals surface area contributed by atoms with Gasteiger partial charge in [-0.15, -0.1) is 0 Å². The molecule has 8 heteroatoms. The van der Waals surface area contributed by atoms with E-state index >= 15 is 0 Å². The van der Waals surface area contributed by atoms with Gasteiger partial charge in [0.05, 0.1) is 0 Å². The number of aromatic nitrogens is 1. The topological polar surface area (TPSA) is 110 Å². The number of nitriles is 1. The van der Waals surface area contributed by atoms with Crippen LogP contribution in [0.15, 0.2) is 30.5 Å². The molecule has 0 spiro atoms. The summed E-state index contributed by atoms with van der Waals surface area (Å²) in [5, 5.41) is 24.0. The number of nitrogens with zero attached hydrogens (tertiary/aromatic N) is 3. The molecular formula is C27H37N5O3. The molecule has 0 radical (unpaired) electrons. The van der Waals surface area contributed by atoms with Crippen molar-refractivity contribution in [1.82, 2.24) is 20.1 Å². The first-order chi connectivity index (χ1) is 16.9. The summed E-state index contributed by atoms with van der Waals surface area (Å²) < 4.78 is 2.35. The molecule has 2 heterocycles. The number of piperidine rings is 1. The fourth-order valence-electron chi connectivity index (χ4n) is 5.99. The second-order valence-corrected chi connectivity index (χ2v) is 10.4. The first-order valence-electron chi connectivity index (χ1n) is 12.9. The number of hydrogen-bond acceptors (Lipinski definition) is 5. The molecule has 1 saturated heterocycles. The van der Waals surface area contributed by atoms with Crippen LogP contribution in [-0.2, 0) is 11.3 Å². The predicted octanol–water partition coefficient (Wildman–Crippen LogP) is 4.27. The first kappa shape index (κ1) is 25.2. The predicted molar refractivity (Wildman–Crippen MR) is 135 cm³/mol. The SMILES string of the molecule is CC(C)C1CCC(N2CCC(n3cc(CNC(NC(=O)O)C(=O)C#N)c4ccccc43)CC2)CC1. The molecule has 1 atom stereocenters. The fourth-order valence-corrected chi connectivity index (χ4v) is 5.99. The van der Waals surface area contributed by atoms with E-state index in [0.717, 1.165) is 60.3 Å². The number of Topliss-reactive ketones (excluding diaryl/α,β-unsaturated/α-hetero) is 1. The van der Waals surface area contributed by atoms with E-state index in [2.05, 4.69) is 52.3 Å². The lowest BCUT2D eigenvalue weighted by atomic mass is 9.79. The summed E-state index contributed by atoms with van der Waals surface area (Å²) in [6.07, 6.45) is 7.08. The number of carboxylic acid groups (broad SMARTS) is 1. The molecule has 2 aliphatic rings. The highest BCUT2D eigenvalue weighted by molar-refractivity contribution is 5.98. The Morgan fingerprint density at radius 1 is 1.09 bits per heavy atom. The van der Waals surface area contributed by atoms with Crippen molar-refractivity contribution in [2.75, 3.05) is 13.1 Å². The van der Waals surface area contributed by atoms with Crippen LogP contribution in [0.2, 0.25) is 0 Å². The maximum atomic E-state index is 11.8. The molecule has 1 aliphatic carbocycles. The molecular weight excluding hydrogens is 442 g/mol. The molecule has 35 heavy (non-hydrogen) atoms. The van der Waals surface area contributed by atoms with Gasteiger partial charge in [0.25, 0.3) is 5.78 Å². The Morgan fingerprint density at radius 2 is 1.77 bits per heavy atom. The van der Waals surface area contributed by atoms with Crippen LogP contribution in [-0.4, -0.2) is 51.7 Å². The standard InChI is InChI=1S/C27H37N5O3/c1-18(2)19-7-9-21(10-8-19)31-13-11-22(12-14-31)32-17-20(23-5-3-4-6-24(23)32)16-29-26(25(33)15-28)30-27(34)35/h3-6,17-19,21-22,26,29-30H,7-14,16H2,1-2H3,(H,34,35). The highest BCUT2D eigenvalue weighted by Gasteiger charge is 2.31. The third-order valence-electron chi connectivity index (χ3n) is 8.05. The van der Waals surface area contributed by atoms with E-state index in [1.165, 1.54) is 31.8 Å². The fraction of sp³-hybridized carbons (Fsp3) is 0.593. The minimum absolute atomic E-state index is 0.282. The minimum atomic E-state index is -1.35. The Hall–Kier alpha value is -2.89. The lowest BCUT2D eigenvalue weighted by molar-refractivity contribution is -0.116. The zero-order chi connectivity index (χ0) is 24.9. The molecule has 1 aliphatic heterocycles. The minimum Gasteiger partial charge on any atom is -0.465 e. The Bertz CT molecular complexity index is 1070. The monoisotopic (exact) mass is 479 g/mol. The normalized spacial score (nSPS) is 22.7. The largest absolute Gasteiger partial charge is 0.465 e. The molecule has 1 aromatic heterocycles. The lowest BCUT2D eigenvalue weighted by Crippen LogP contribution is -2.49. The first-order valence-corrected chi connectivity index (χ1v) is 12.9. The summed E-state index contributed by atoms with van der Waals surface area (Å²) in [5.74, 6) is 0.822. The number of para-hydroxylation sites is 1. The number of carbonyl (C=O) groups is 2. The Labute approximate surface area is 207 Å². The highest BCUT2D eigenvalue weighted by atomic mass is 16.4. The number of amides is 1. The Morgan fingerprint density at radius 3 is 2.40 bits per heavy atom. The zero-order valence-electron chi connectivity index (χ0n) is 20.7. The lowest BCUT2D eigenvalue weighted by Gasteiger charge is -2.42. The van der Waals surface area contributed by atoms with Gasteiger partial charge in [0, 0.05) is 48.8 Å². The van der Waals surface area contributed by atoms with E-state index in [-0.39, 0.29) is 6.54 Å². The van der Waals surface area contributed by atoms with Gasteiger partial charge in [0.1, 0.15) is 6.07 Å². The van der Waals surface area contributed by atoms with Crippen molar-refractivity contribution in [1.29, 1.82) is 5.26 Å². The number of benzene rings is 1. The average molecular weight is 480 g/mol. The van der Waals surface area contributed by atoms with Crippen molar-refractivity contribution in [2.24, 2.45) is 11.8 Å². The van der Waals surface area contributed by atoms with Crippen LogP contribution in [0, 0.1) is 23.2 Å². The van der Waals surface area contributed by atoms with Crippen LogP contribution in [0.5, 0.6) is 0 Å². The molecule has 2 fully saturated rings. The van der Waals surface area contributed by atoms with Gasteiger partial charge < -0.3 is 14.6 Å². The molecule has 1 saturated carbocycles. The number of ketones is 1. The number of rotatable bonds is 8. The van der Waals surface area contributed by atoms with Gasteiger partial charge in [-0.3, -0.25) is 15.4 Å². The zero-order valence-corrected chi connectivity index (χ0v) is 20.7. The molecule has 188 valence electrons. The second-order valence-electron chi connectivity index (χ2n) is 10.4. The van der Waals surface area contributed by atoms with E-state index in [1.54, 1.807) is 0 Å². The van der Waals surface area contributed by atoms with Gasteiger partial charge in [-0.25, -0.2) is 4.79 Å². The van der Waals surface area contributed by atoms with Gasteiger partial charge in [-0.1, -0.05) is 32.0 Å². The number of fused-ring (bicyclic) bond motifs is 1. The summed E-state index contributed by atoms with van der Waals surface area (Å²) in [6, 6.07) is 10.8. The van der Waals surface area contributed by atoms with Gasteiger partial charge in [-0.2, -0.15) is 5.26 Å². The van der Waals surface area contributed by atoms with E-state index in [1.807, 2.05) is 12.1 Å². The van der Waals surface area contributed by atoms with Crippen molar-refractivity contribution in [3.8, 4) is 6.07 Å². The van der Waals surface area contributed by atoms with Crippen LogP contribution < -0.4 is 10.6 Å². The number of nitrogens with one attached hydrogen (secondary N) is 2. The molecule has 1 unspecified atom stereocenters. The quantitative estimate of drug-likeness (QED) is 0.385. The van der Waals surface area contributed by atoms with E-state index in [9.17, 15) is 9.59 Å². The third kappa shape index (κ3) is 5.85. The molecule has 0 bridgehead atoms. The van der Waals surface area contributed by atoms with Crippen LogP contribution in [0.1, 0.15) is 64.0 Å². The van der Waals surface area contributed by atoms with Crippen LogP contribution in [0.4, 0.5) is 4.79 Å². The summed E-state index contributed by atoms with van der Waals surface area (Å²) >= 11 is 0. The second kappa shape index (κ2) is 11.2. The highest BCUT2D eigenvalue weighted by Crippen LogP contribution is 2.35. The van der Waals surface area contributed by atoms with Gasteiger partial charge in [0.15, 0.2) is 6.17 Å². The van der Waals surface area contributed by atoms with Gasteiger partial charge >= 0.3 is 6.09 Å². The number of hydrogen-bond donors (Lipinski definition) is 3. The molecule has 1 amide bonds. The van der Waals surface area contributed by atoms with Crippen LogP contribution >= 0.6 is 0 Å². The van der Waals surface area contributed by atoms with Gasteiger partial charge in [-0.05, 0) is 62.0 Å². The third-order valence-corrected chi connectivity index (χ3v) is 8.05. The van der Waals surface area contributed by atoms with Crippen LogP contribution in [0.25, 0.3) is 10.9 Å². The molecule has 8 nitrogen and oxygen atoms in total. The van der Waals surface area contributed by atoms with Crippen molar-refractivity contribution in [3.05, 3.63) is 36.0 Å². The summed E-state index contributed by atoms with van der Waals surface area (Å²) in [7, 11) is 0. The molecule has 4 rings (SSSR count). The van der Waals surface area contributed by atoms with Gasteiger partial charge in [0.2, 0.25) is 0 Å². The smallest absolute Gasteiger partial charge is 0.406 e. The maximum absolute atomic E-state index is 11.8. The van der Waals surface area contributed by atoms with E-state index in [4.69, 9.17) is 10.4 Å². The van der Waals surface area contributed by atoms with E-state index < -0.39 is 18.0 Å². The maximum Gasteiger partial charge on any atom is 0.406 e.